The summed E-state index contributed by atoms with van der Waals surface area (Å²) in [5, 5.41) is 11.4. The zero-order valence-corrected chi connectivity index (χ0v) is 12.6. The first kappa shape index (κ1) is 15.0. The number of hydrogen-bond acceptors (Lipinski definition) is 5. The van der Waals surface area contributed by atoms with Crippen LogP contribution in [0, 0.1) is 18.8 Å². The molecule has 2 rings (SSSR count). The quantitative estimate of drug-likeness (QED) is 0.770. The first-order valence-electron chi connectivity index (χ1n) is 6.13. The summed E-state index contributed by atoms with van der Waals surface area (Å²) in [5.41, 5.74) is 0.875. The van der Waals surface area contributed by atoms with Crippen LogP contribution in [0.5, 0.6) is 0 Å². The Morgan fingerprint density at radius 2 is 2.35 bits per heavy atom. The first-order chi connectivity index (χ1) is 9.41. The van der Waals surface area contributed by atoms with Crippen LogP contribution in [-0.4, -0.2) is 43.6 Å². The average Bonchev–Trinajstić information content (AvgIpc) is 2.90. The molecule has 1 aliphatic heterocycles. The van der Waals surface area contributed by atoms with Crippen LogP contribution in [0.2, 0.25) is 0 Å². The molecule has 0 bridgehead atoms. The highest BCUT2D eigenvalue weighted by Gasteiger charge is 2.29. The highest BCUT2D eigenvalue weighted by molar-refractivity contribution is 7.91. The number of amides is 1. The maximum atomic E-state index is 12.1. The van der Waals surface area contributed by atoms with Crippen molar-refractivity contribution < 1.29 is 18.3 Å². The van der Waals surface area contributed by atoms with Crippen LogP contribution in [0.4, 0.5) is 0 Å². The number of thiophene rings is 1. The zero-order chi connectivity index (χ0) is 14.8. The Bertz CT molecular complexity index is 679. The van der Waals surface area contributed by atoms with E-state index < -0.39 is 9.84 Å². The molecule has 0 spiro atoms. The van der Waals surface area contributed by atoms with E-state index in [1.54, 1.807) is 6.07 Å². The molecule has 7 heteroatoms. The fraction of sp³-hybridized carbons (Fsp3) is 0.462. The van der Waals surface area contributed by atoms with E-state index >= 15 is 0 Å². The number of nitrogens with one attached hydrogen (secondary N) is 1. The van der Waals surface area contributed by atoms with Crippen LogP contribution in [0.25, 0.3) is 0 Å². The van der Waals surface area contributed by atoms with E-state index in [0.29, 0.717) is 11.3 Å². The lowest BCUT2D eigenvalue weighted by atomic mass is 10.2. The smallest absolute Gasteiger partial charge is 0.261 e. The number of hydrogen-bond donors (Lipinski definition) is 2. The Hall–Kier alpha value is -1.36. The highest BCUT2D eigenvalue weighted by Crippen LogP contribution is 2.21. The molecule has 0 aliphatic carbocycles. The van der Waals surface area contributed by atoms with Gasteiger partial charge < -0.3 is 10.4 Å². The van der Waals surface area contributed by atoms with Crippen molar-refractivity contribution in [3.05, 3.63) is 21.4 Å². The molecular weight excluding hydrogens is 298 g/mol. The summed E-state index contributed by atoms with van der Waals surface area (Å²) in [4.78, 5) is 13.3. The van der Waals surface area contributed by atoms with Gasteiger partial charge in [-0.1, -0.05) is 11.8 Å². The van der Waals surface area contributed by atoms with Gasteiger partial charge in [-0.3, -0.25) is 4.79 Å². The molecule has 1 amide bonds. The molecule has 2 N–H and O–H groups in total. The molecule has 1 unspecified atom stereocenters. The summed E-state index contributed by atoms with van der Waals surface area (Å²) in [6, 6.07) is 1.42. The highest BCUT2D eigenvalue weighted by atomic mass is 32.2. The number of aliphatic hydroxyl groups excluding tert-OH is 1. The lowest BCUT2D eigenvalue weighted by Gasteiger charge is -2.08. The predicted molar refractivity (Wildman–Crippen MR) is 77.5 cm³/mol. The van der Waals surface area contributed by atoms with Gasteiger partial charge in [-0.15, -0.1) is 11.3 Å². The second kappa shape index (κ2) is 5.95. The van der Waals surface area contributed by atoms with Crippen LogP contribution in [0.3, 0.4) is 0 Å². The van der Waals surface area contributed by atoms with Gasteiger partial charge in [0.05, 0.1) is 21.3 Å². The first-order valence-corrected chi connectivity index (χ1v) is 8.76. The molecule has 1 aliphatic rings. The minimum absolute atomic E-state index is 0.0142. The van der Waals surface area contributed by atoms with E-state index in [-0.39, 0.29) is 30.1 Å². The fourth-order valence-corrected chi connectivity index (χ4v) is 4.63. The van der Waals surface area contributed by atoms with Crippen molar-refractivity contribution in [1.82, 2.24) is 5.32 Å². The van der Waals surface area contributed by atoms with E-state index in [9.17, 15) is 13.2 Å². The van der Waals surface area contributed by atoms with Gasteiger partial charge in [-0.05, 0) is 25.0 Å². The van der Waals surface area contributed by atoms with Crippen molar-refractivity contribution in [2.24, 2.45) is 0 Å². The van der Waals surface area contributed by atoms with Crippen molar-refractivity contribution >= 4 is 27.1 Å². The molecule has 1 atom stereocenters. The summed E-state index contributed by atoms with van der Waals surface area (Å²) in [7, 11) is -3.00. The summed E-state index contributed by atoms with van der Waals surface area (Å²) < 4.78 is 22.7. The van der Waals surface area contributed by atoms with E-state index in [0.717, 1.165) is 10.4 Å². The van der Waals surface area contributed by atoms with E-state index in [2.05, 4.69) is 17.2 Å². The van der Waals surface area contributed by atoms with E-state index in [1.165, 1.54) is 11.3 Å². The third kappa shape index (κ3) is 3.60. The average molecular weight is 313 g/mol. The van der Waals surface area contributed by atoms with Crippen molar-refractivity contribution in [1.29, 1.82) is 0 Å². The number of sulfone groups is 1. The molecule has 1 aromatic rings. The standard InChI is InChI=1S/C13H15NO4S2/c1-9-7-12(19-11(9)3-2-5-15)13(16)14-10-4-6-20(17,18)8-10/h7,10,15H,4-6,8H2,1H3,(H,14,16). The van der Waals surface area contributed by atoms with Gasteiger partial charge in [0.1, 0.15) is 6.61 Å². The third-order valence-electron chi connectivity index (χ3n) is 2.99. The van der Waals surface area contributed by atoms with Crippen molar-refractivity contribution in [2.45, 2.75) is 19.4 Å². The van der Waals surface area contributed by atoms with Gasteiger partial charge in [0.2, 0.25) is 0 Å². The van der Waals surface area contributed by atoms with Crippen LogP contribution in [0.15, 0.2) is 6.07 Å². The molecule has 108 valence electrons. The van der Waals surface area contributed by atoms with Crippen LogP contribution >= 0.6 is 11.3 Å². The molecule has 2 heterocycles. The second-order valence-corrected chi connectivity index (χ2v) is 7.94. The number of carbonyl (C=O) groups excluding carboxylic acids is 1. The van der Waals surface area contributed by atoms with Crippen molar-refractivity contribution in [3.8, 4) is 11.8 Å². The normalized spacial score (nSPS) is 20.2. The van der Waals surface area contributed by atoms with Gasteiger partial charge in [-0.2, -0.15) is 0 Å². The van der Waals surface area contributed by atoms with Gasteiger partial charge >= 0.3 is 0 Å². The molecule has 0 aromatic carbocycles. The minimum Gasteiger partial charge on any atom is -0.384 e. The maximum absolute atomic E-state index is 12.1. The topological polar surface area (TPSA) is 83.5 Å². The number of aliphatic hydroxyl groups is 1. The predicted octanol–water partition coefficient (Wildman–Crippen LogP) is 0.317. The Kier molecular flexibility index (Phi) is 4.48. The summed E-state index contributed by atoms with van der Waals surface area (Å²) in [5.74, 6) is 5.21. The number of carbonyl (C=O) groups is 1. The van der Waals surface area contributed by atoms with Crippen molar-refractivity contribution in [2.75, 3.05) is 18.1 Å². The Morgan fingerprint density at radius 3 is 2.95 bits per heavy atom. The fourth-order valence-electron chi connectivity index (χ4n) is 2.00. The third-order valence-corrected chi connectivity index (χ3v) is 5.91. The van der Waals surface area contributed by atoms with Crippen LogP contribution < -0.4 is 5.32 Å². The van der Waals surface area contributed by atoms with E-state index in [4.69, 9.17) is 5.11 Å². The van der Waals surface area contributed by atoms with E-state index in [1.807, 2.05) is 6.92 Å². The summed E-state index contributed by atoms with van der Waals surface area (Å²) in [6.07, 6.45) is 0.468. The van der Waals surface area contributed by atoms with Gasteiger partial charge in [0, 0.05) is 6.04 Å². The molecule has 1 fully saturated rings. The molecule has 1 aromatic heterocycles. The molecule has 20 heavy (non-hydrogen) atoms. The SMILES string of the molecule is Cc1cc(C(=O)NC2CCS(=O)(=O)C2)sc1C#CCO. The molecular formula is C13H15NO4S2. The number of rotatable bonds is 2. The van der Waals surface area contributed by atoms with Crippen LogP contribution in [0.1, 0.15) is 26.5 Å². The Balaban J connectivity index is 2.07. The Labute approximate surface area is 121 Å². The Morgan fingerprint density at radius 1 is 1.60 bits per heavy atom. The molecule has 0 saturated carbocycles. The summed E-state index contributed by atoms with van der Waals surface area (Å²) >= 11 is 1.24. The van der Waals surface area contributed by atoms with Gasteiger partial charge in [0.25, 0.3) is 5.91 Å². The number of aryl methyl sites for hydroxylation is 1. The molecule has 0 radical (unpaired) electrons. The molecule has 5 nitrogen and oxygen atoms in total. The summed E-state index contributed by atoms with van der Waals surface area (Å²) in [6.45, 7) is 1.62. The van der Waals surface area contributed by atoms with Gasteiger partial charge in [0.15, 0.2) is 9.84 Å². The minimum atomic E-state index is -3.00. The largest absolute Gasteiger partial charge is 0.384 e. The van der Waals surface area contributed by atoms with Crippen molar-refractivity contribution in [3.63, 3.8) is 0 Å². The maximum Gasteiger partial charge on any atom is 0.261 e. The van der Waals surface area contributed by atoms with Gasteiger partial charge in [-0.25, -0.2) is 8.42 Å². The lowest BCUT2D eigenvalue weighted by molar-refractivity contribution is 0.0945. The molecule has 1 saturated heterocycles. The monoisotopic (exact) mass is 313 g/mol. The zero-order valence-electron chi connectivity index (χ0n) is 11.0. The van der Waals surface area contributed by atoms with Crippen LogP contribution in [-0.2, 0) is 9.84 Å². The lowest BCUT2D eigenvalue weighted by Crippen LogP contribution is -2.35. The second-order valence-electron chi connectivity index (χ2n) is 4.66.